The maximum atomic E-state index is 12.8. The summed E-state index contributed by atoms with van der Waals surface area (Å²) in [5.74, 6) is 0.112. The summed E-state index contributed by atoms with van der Waals surface area (Å²) in [6.07, 6.45) is 0.748. The summed E-state index contributed by atoms with van der Waals surface area (Å²) in [5, 5.41) is 0. The summed E-state index contributed by atoms with van der Waals surface area (Å²) in [6.45, 7) is 6.96. The number of halogens is 1. The fourth-order valence-electron chi connectivity index (χ4n) is 3.30. The molecule has 144 valence electrons. The van der Waals surface area contributed by atoms with Crippen molar-refractivity contribution in [3.05, 3.63) is 29.8 Å². The van der Waals surface area contributed by atoms with Crippen LogP contribution in [0.25, 0.3) is 0 Å². The van der Waals surface area contributed by atoms with E-state index in [-0.39, 0.29) is 40.5 Å². The van der Waals surface area contributed by atoms with Crippen molar-refractivity contribution >= 4 is 34.2 Å². The van der Waals surface area contributed by atoms with Crippen LogP contribution in [0.2, 0.25) is 0 Å². The van der Waals surface area contributed by atoms with Gasteiger partial charge in [0.05, 0.1) is 4.90 Å². The van der Waals surface area contributed by atoms with Crippen LogP contribution < -0.4 is 10.5 Å². The number of sulfonamides is 1. The molecule has 1 amide bonds. The molecule has 2 heterocycles. The van der Waals surface area contributed by atoms with Crippen LogP contribution in [-0.4, -0.2) is 50.2 Å². The van der Waals surface area contributed by atoms with E-state index < -0.39 is 16.1 Å². The number of amides is 1. The Kier molecular flexibility index (Phi) is 5.70. The third-order valence-electron chi connectivity index (χ3n) is 4.97. The van der Waals surface area contributed by atoms with Crippen LogP contribution in [0.3, 0.4) is 0 Å². The molecule has 0 spiro atoms. The van der Waals surface area contributed by atoms with Gasteiger partial charge >= 0.3 is 0 Å². The van der Waals surface area contributed by atoms with Gasteiger partial charge in [-0.3, -0.25) is 14.5 Å². The number of fused-ring (bicyclic) bond motifs is 1. The molecule has 2 aliphatic rings. The molecule has 1 saturated heterocycles. The van der Waals surface area contributed by atoms with E-state index in [1.54, 1.807) is 30.0 Å². The van der Waals surface area contributed by atoms with Crippen molar-refractivity contribution in [2.45, 2.75) is 44.2 Å². The molecule has 7 nitrogen and oxygen atoms in total. The molecule has 1 aromatic rings. The van der Waals surface area contributed by atoms with E-state index >= 15 is 0 Å². The Labute approximate surface area is 160 Å². The third-order valence-corrected chi connectivity index (χ3v) is 6.36. The third kappa shape index (κ3) is 3.72. The number of nitrogens with zero attached hydrogens (tertiary/aromatic N) is 2. The largest absolute Gasteiger partial charge is 0.340 e. The van der Waals surface area contributed by atoms with Gasteiger partial charge in [-0.2, -0.15) is 0 Å². The van der Waals surface area contributed by atoms with E-state index in [1.165, 1.54) is 6.07 Å². The maximum absolute atomic E-state index is 12.8. The highest BCUT2D eigenvalue weighted by Crippen LogP contribution is 2.28. The van der Waals surface area contributed by atoms with E-state index in [0.717, 1.165) is 6.42 Å². The van der Waals surface area contributed by atoms with Gasteiger partial charge in [-0.1, -0.05) is 26.0 Å². The zero-order valence-corrected chi connectivity index (χ0v) is 16.7. The summed E-state index contributed by atoms with van der Waals surface area (Å²) >= 11 is 0. The normalized spacial score (nSPS) is 25.8. The highest BCUT2D eigenvalue weighted by molar-refractivity contribution is 7.90. The molecule has 3 N–H and O–H groups in total. The molecule has 0 radical (unpaired) electrons. The van der Waals surface area contributed by atoms with E-state index in [0.29, 0.717) is 18.7 Å². The average Bonchev–Trinajstić information content (AvgIpc) is 2.80. The molecule has 2 aliphatic heterocycles. The van der Waals surface area contributed by atoms with Crippen molar-refractivity contribution in [2.75, 3.05) is 13.1 Å². The molecule has 0 bridgehead atoms. The lowest BCUT2D eigenvalue weighted by molar-refractivity contribution is -0.135. The van der Waals surface area contributed by atoms with Crippen LogP contribution in [0.4, 0.5) is 0 Å². The standard InChI is InChI=1S/C17H24N4O3S.ClH/c1-11(16(22)21-9-8-14(18)17(2,3)10-21)19-15-12-6-4-5-7-13(12)25(23,24)20-15;/h4-7,11,14H,8-10,18H2,1-3H3,(H,19,20);1H. The van der Waals surface area contributed by atoms with Crippen molar-refractivity contribution in [2.24, 2.45) is 16.1 Å². The Balaban J connectivity index is 0.00000243. The van der Waals surface area contributed by atoms with Crippen LogP contribution >= 0.6 is 12.4 Å². The highest BCUT2D eigenvalue weighted by atomic mass is 35.5. The maximum Gasteiger partial charge on any atom is 0.263 e. The Morgan fingerprint density at radius 3 is 2.69 bits per heavy atom. The van der Waals surface area contributed by atoms with Gasteiger partial charge in [0, 0.05) is 24.7 Å². The monoisotopic (exact) mass is 400 g/mol. The molecule has 9 heteroatoms. The molecule has 0 aliphatic carbocycles. The number of likely N-dealkylation sites (tertiary alicyclic amines) is 1. The van der Waals surface area contributed by atoms with E-state index in [1.807, 2.05) is 0 Å². The van der Waals surface area contributed by atoms with E-state index in [4.69, 9.17) is 5.73 Å². The van der Waals surface area contributed by atoms with Crippen LogP contribution in [-0.2, 0) is 14.8 Å². The minimum absolute atomic E-state index is 0. The zero-order chi connectivity index (χ0) is 18.4. The molecule has 2 atom stereocenters. The number of nitrogens with two attached hydrogens (primary N) is 1. The Morgan fingerprint density at radius 2 is 2.04 bits per heavy atom. The minimum Gasteiger partial charge on any atom is -0.340 e. The van der Waals surface area contributed by atoms with Gasteiger partial charge in [0.1, 0.15) is 11.9 Å². The van der Waals surface area contributed by atoms with Crippen LogP contribution in [0, 0.1) is 5.41 Å². The van der Waals surface area contributed by atoms with Gasteiger partial charge in [0.25, 0.3) is 10.0 Å². The van der Waals surface area contributed by atoms with Crippen molar-refractivity contribution in [1.29, 1.82) is 0 Å². The van der Waals surface area contributed by atoms with Gasteiger partial charge in [0.2, 0.25) is 5.91 Å². The number of carbonyl (C=O) groups excluding carboxylic acids is 1. The lowest BCUT2D eigenvalue weighted by Crippen LogP contribution is -2.55. The number of rotatable bonds is 2. The number of aliphatic imine (C=N–C) groups is 1. The number of nitrogens with one attached hydrogen (secondary N) is 1. The van der Waals surface area contributed by atoms with E-state index in [9.17, 15) is 13.2 Å². The van der Waals surface area contributed by atoms with Crippen molar-refractivity contribution < 1.29 is 13.2 Å². The van der Waals surface area contributed by atoms with Gasteiger partial charge in [-0.05, 0) is 30.9 Å². The molecule has 3 rings (SSSR count). The summed E-state index contributed by atoms with van der Waals surface area (Å²) in [5.41, 5.74) is 6.48. The second-order valence-electron chi connectivity index (χ2n) is 7.40. The SMILES string of the molecule is CC(N=C1NS(=O)(=O)c2ccccc21)C(=O)N1CCC(N)C(C)(C)C1.Cl. The van der Waals surface area contributed by atoms with Crippen molar-refractivity contribution in [3.8, 4) is 0 Å². The summed E-state index contributed by atoms with van der Waals surface area (Å²) in [6, 6.07) is 6.01. The minimum atomic E-state index is -3.60. The van der Waals surface area contributed by atoms with Crippen LogP contribution in [0.15, 0.2) is 34.2 Å². The second-order valence-corrected chi connectivity index (χ2v) is 9.05. The number of amidine groups is 1. The zero-order valence-electron chi connectivity index (χ0n) is 15.1. The first kappa shape index (κ1) is 20.7. The number of benzene rings is 1. The summed E-state index contributed by atoms with van der Waals surface area (Å²) in [7, 11) is -3.60. The van der Waals surface area contributed by atoms with Crippen LogP contribution in [0.1, 0.15) is 32.8 Å². The van der Waals surface area contributed by atoms with E-state index in [2.05, 4.69) is 23.6 Å². The molecule has 2 unspecified atom stereocenters. The Hall–Kier alpha value is -1.64. The van der Waals surface area contributed by atoms with Gasteiger partial charge in [-0.25, -0.2) is 8.42 Å². The Bertz CT molecular complexity index is 838. The fraction of sp³-hybridized carbons (Fsp3) is 0.529. The number of piperidine rings is 1. The molecular weight excluding hydrogens is 376 g/mol. The molecular formula is C17H25ClN4O3S. The number of carbonyl (C=O) groups is 1. The molecule has 26 heavy (non-hydrogen) atoms. The molecule has 1 fully saturated rings. The predicted molar refractivity (Wildman–Crippen MR) is 103 cm³/mol. The van der Waals surface area contributed by atoms with Crippen molar-refractivity contribution in [3.63, 3.8) is 0 Å². The first-order chi connectivity index (χ1) is 11.6. The summed E-state index contributed by atoms with van der Waals surface area (Å²) < 4.78 is 26.7. The molecule has 0 aromatic heterocycles. The lowest BCUT2D eigenvalue weighted by atomic mass is 9.79. The van der Waals surface area contributed by atoms with Gasteiger partial charge < -0.3 is 10.6 Å². The molecule has 0 saturated carbocycles. The first-order valence-corrected chi connectivity index (χ1v) is 9.84. The molecule has 1 aromatic carbocycles. The number of hydrogen-bond acceptors (Lipinski definition) is 5. The summed E-state index contributed by atoms with van der Waals surface area (Å²) in [4.78, 5) is 19.1. The predicted octanol–water partition coefficient (Wildman–Crippen LogP) is 1.12. The topological polar surface area (TPSA) is 105 Å². The van der Waals surface area contributed by atoms with Crippen LogP contribution in [0.5, 0.6) is 0 Å². The quantitative estimate of drug-likeness (QED) is 0.775. The van der Waals surface area contributed by atoms with Crippen molar-refractivity contribution in [1.82, 2.24) is 9.62 Å². The first-order valence-electron chi connectivity index (χ1n) is 8.36. The van der Waals surface area contributed by atoms with Gasteiger partial charge in [0.15, 0.2) is 0 Å². The number of hydrogen-bond donors (Lipinski definition) is 2. The fourth-order valence-corrected chi connectivity index (χ4v) is 4.54. The Morgan fingerprint density at radius 1 is 1.38 bits per heavy atom. The smallest absolute Gasteiger partial charge is 0.263 e. The van der Waals surface area contributed by atoms with Gasteiger partial charge in [-0.15, -0.1) is 12.4 Å². The average molecular weight is 401 g/mol. The lowest BCUT2D eigenvalue weighted by Gasteiger charge is -2.43. The second kappa shape index (κ2) is 7.17. The highest BCUT2D eigenvalue weighted by Gasteiger charge is 2.37.